The minimum absolute atomic E-state index is 0.00312. The second kappa shape index (κ2) is 20.5. The summed E-state index contributed by atoms with van der Waals surface area (Å²) in [6.07, 6.45) is 2.66. The molecule has 66 heavy (non-hydrogen) atoms. The summed E-state index contributed by atoms with van der Waals surface area (Å²) in [6, 6.07) is 33.3. The van der Waals surface area contributed by atoms with Crippen LogP contribution in [-0.4, -0.2) is 93.5 Å². The first-order valence-corrected chi connectivity index (χ1v) is 25.9. The van der Waals surface area contributed by atoms with Crippen LogP contribution in [0.5, 0.6) is 0 Å². The molecule has 0 spiro atoms. The number of thioether (sulfide) groups is 1. The van der Waals surface area contributed by atoms with E-state index < -0.39 is 64.4 Å². The molecule has 2 saturated heterocycles. The lowest BCUT2D eigenvalue weighted by molar-refractivity contribution is -0.0436. The van der Waals surface area contributed by atoms with E-state index in [0.717, 1.165) is 57.8 Å². The van der Waals surface area contributed by atoms with Gasteiger partial charge in [-0.1, -0.05) is 72.3 Å². The monoisotopic (exact) mass is 964 g/mol. The van der Waals surface area contributed by atoms with Crippen molar-refractivity contribution in [3.05, 3.63) is 138 Å². The van der Waals surface area contributed by atoms with Crippen molar-refractivity contribution in [2.75, 3.05) is 48.8 Å². The lowest BCUT2D eigenvalue weighted by Gasteiger charge is -2.38. The van der Waals surface area contributed by atoms with E-state index >= 15 is 0 Å². The topological polar surface area (TPSA) is 156 Å². The van der Waals surface area contributed by atoms with Crippen LogP contribution in [0.15, 0.2) is 136 Å². The van der Waals surface area contributed by atoms with E-state index in [-0.39, 0.29) is 18.1 Å². The van der Waals surface area contributed by atoms with Crippen molar-refractivity contribution in [1.82, 2.24) is 9.62 Å². The molecule has 11 nitrogen and oxygen atoms in total. The molecular weight excluding hydrogens is 910 g/mol. The Kier molecular flexibility index (Phi) is 15.2. The summed E-state index contributed by atoms with van der Waals surface area (Å²) in [5.74, 6) is -0.741. The second-order valence-corrected chi connectivity index (χ2v) is 22.0. The van der Waals surface area contributed by atoms with Gasteiger partial charge in [-0.15, -0.1) is 11.8 Å². The molecule has 1 amide bonds. The van der Waals surface area contributed by atoms with Crippen molar-refractivity contribution in [2.45, 2.75) is 83.8 Å². The van der Waals surface area contributed by atoms with E-state index in [0.29, 0.717) is 57.3 Å². The molecule has 2 heterocycles. The van der Waals surface area contributed by atoms with Crippen LogP contribution in [0.3, 0.4) is 0 Å². The summed E-state index contributed by atoms with van der Waals surface area (Å²) in [5, 5.41) is 24.3. The summed E-state index contributed by atoms with van der Waals surface area (Å²) in [4.78, 5) is 16.3. The zero-order valence-corrected chi connectivity index (χ0v) is 39.2. The van der Waals surface area contributed by atoms with Gasteiger partial charge in [0.2, 0.25) is 0 Å². The highest BCUT2D eigenvalue weighted by atomic mass is 32.2. The maximum atomic E-state index is 14.3. The lowest BCUT2D eigenvalue weighted by Crippen LogP contribution is -2.46. The van der Waals surface area contributed by atoms with Crippen molar-refractivity contribution >= 4 is 48.9 Å². The Hall–Kier alpha value is -4.91. The number of aryl methyl sites for hydroxylation is 1. The molecule has 5 aromatic carbocycles. The molecule has 3 atom stereocenters. The number of carbonyl (C=O) groups excluding carboxylic acids is 1. The number of halogens is 3. The van der Waals surface area contributed by atoms with Gasteiger partial charge in [-0.05, 0) is 130 Å². The summed E-state index contributed by atoms with van der Waals surface area (Å²) in [6.45, 7) is 6.29. The van der Waals surface area contributed by atoms with Crippen molar-refractivity contribution in [3.8, 4) is 11.1 Å². The minimum atomic E-state index is -6.11. The van der Waals surface area contributed by atoms with Crippen molar-refractivity contribution in [2.24, 2.45) is 5.92 Å². The number of carbonyl (C=O) groups is 1. The lowest BCUT2D eigenvalue weighted by atomic mass is 9.84. The van der Waals surface area contributed by atoms with E-state index in [9.17, 15) is 45.0 Å². The number of hydrogen-bond donors (Lipinski definition) is 4. The molecule has 2 fully saturated rings. The number of nitrogens with one attached hydrogen (secondary N) is 2. The van der Waals surface area contributed by atoms with Gasteiger partial charge < -0.3 is 20.4 Å². The van der Waals surface area contributed by atoms with E-state index in [1.54, 1.807) is 12.1 Å². The third kappa shape index (κ3) is 11.3. The first kappa shape index (κ1) is 49.0. The molecule has 0 aliphatic carbocycles. The van der Waals surface area contributed by atoms with Gasteiger partial charge in [-0.25, -0.2) is 21.6 Å². The van der Waals surface area contributed by atoms with Gasteiger partial charge in [0.25, 0.3) is 25.8 Å². The highest BCUT2D eigenvalue weighted by Crippen LogP contribution is 2.40. The highest BCUT2D eigenvalue weighted by Gasteiger charge is 2.49. The average Bonchev–Trinajstić information content (AvgIpc) is 3.66. The molecule has 4 N–H and O–H groups in total. The number of piperidine rings is 1. The SMILES string of the molecule is Cc1ccc(-c2ccccc2[C@H](O)C2CCN(c3ccc(C(=O)NS(=O)(=O)c4ccc(N[C@@H](CSc5ccccc5)C[C@]5(C)CCCN5CCO)c(S(=O)(=O)C(F)(F)F)c4)cc3)CC2)cc1. The zero-order valence-electron chi connectivity index (χ0n) is 36.7. The molecule has 0 saturated carbocycles. The van der Waals surface area contributed by atoms with Gasteiger partial charge >= 0.3 is 5.51 Å². The maximum Gasteiger partial charge on any atom is 0.501 e. The largest absolute Gasteiger partial charge is 0.501 e. The summed E-state index contributed by atoms with van der Waals surface area (Å²) in [7, 11) is -11.0. The van der Waals surface area contributed by atoms with E-state index in [2.05, 4.69) is 27.2 Å². The molecule has 0 unspecified atom stereocenters. The fourth-order valence-corrected chi connectivity index (χ4v) is 12.1. The molecule has 2 aliphatic heterocycles. The van der Waals surface area contributed by atoms with Crippen molar-refractivity contribution < 1.29 is 45.0 Å². The summed E-state index contributed by atoms with van der Waals surface area (Å²) < 4.78 is 98.3. The quantitative estimate of drug-likeness (QED) is 0.0661. The van der Waals surface area contributed by atoms with Gasteiger partial charge in [0.05, 0.1) is 23.3 Å². The number of alkyl halides is 3. The fraction of sp³-hybridized carbons (Fsp3) is 0.367. The Balaban J connectivity index is 1.05. The zero-order chi connectivity index (χ0) is 47.3. The third-order valence-corrected chi connectivity index (χ3v) is 16.8. The number of rotatable bonds is 17. The molecule has 2 aliphatic rings. The molecule has 0 radical (unpaired) electrons. The molecule has 7 rings (SSSR count). The predicted molar refractivity (Wildman–Crippen MR) is 253 cm³/mol. The summed E-state index contributed by atoms with van der Waals surface area (Å²) >= 11 is 1.43. The standard InChI is InChI=1S/C49H55F3N4O7S3/c1-34-13-15-35(16-14-34)42-11-6-7-12-43(42)46(58)36-23-27-55(28-24-36)39-19-17-37(18-20-39)47(59)54-66(62,63)41-21-22-44(45(31-41)65(60,61)49(50,51)52)53-38(33-64-40-9-4-3-5-10-40)32-48(2)25-8-26-56(48)29-30-57/h3-7,9-22,31,36,38,46,53,57-58H,8,23-30,32-33H2,1-2H3,(H,54,59)/t38-,46-,48+/m1/s1. The smallest absolute Gasteiger partial charge is 0.395 e. The van der Waals surface area contributed by atoms with Gasteiger partial charge in [0.15, 0.2) is 0 Å². The number of aliphatic hydroxyl groups is 2. The van der Waals surface area contributed by atoms with Crippen molar-refractivity contribution in [3.63, 3.8) is 0 Å². The molecule has 17 heteroatoms. The van der Waals surface area contributed by atoms with E-state index in [1.165, 1.54) is 23.9 Å². The first-order chi connectivity index (χ1) is 31.4. The Bertz CT molecular complexity index is 2680. The van der Waals surface area contributed by atoms with Crippen LogP contribution in [0.2, 0.25) is 0 Å². The first-order valence-electron chi connectivity index (χ1n) is 21.9. The van der Waals surface area contributed by atoms with Crippen LogP contribution in [0.4, 0.5) is 24.5 Å². The number of sulfone groups is 1. The molecule has 0 bridgehead atoms. The van der Waals surface area contributed by atoms with Gasteiger partial charge in [0, 0.05) is 53.1 Å². The number of aliphatic hydroxyl groups excluding tert-OH is 2. The number of anilines is 2. The fourth-order valence-electron chi connectivity index (χ4n) is 9.11. The normalized spacial score (nSPS) is 18.5. The van der Waals surface area contributed by atoms with Crippen LogP contribution < -0.4 is 14.9 Å². The Morgan fingerprint density at radius 2 is 1.55 bits per heavy atom. The summed E-state index contributed by atoms with van der Waals surface area (Å²) in [5.41, 5.74) is -1.92. The molecule has 0 aromatic heterocycles. The number of benzene rings is 5. The van der Waals surface area contributed by atoms with Crippen molar-refractivity contribution in [1.29, 1.82) is 0 Å². The molecule has 352 valence electrons. The average molecular weight is 965 g/mol. The Morgan fingerprint density at radius 1 is 0.879 bits per heavy atom. The van der Waals surface area contributed by atoms with Crippen LogP contribution in [0, 0.1) is 12.8 Å². The Labute approximate surface area is 389 Å². The van der Waals surface area contributed by atoms with Gasteiger partial charge in [-0.3, -0.25) is 9.69 Å². The maximum absolute atomic E-state index is 14.3. The number of β-amino-alcohol motifs (C(OH)–C–C–N with tert-alkyl or cyclic N) is 1. The van der Waals surface area contributed by atoms with Crippen LogP contribution >= 0.6 is 11.8 Å². The van der Waals surface area contributed by atoms with E-state index in [4.69, 9.17) is 0 Å². The third-order valence-electron chi connectivity index (χ3n) is 12.7. The number of amides is 1. The minimum Gasteiger partial charge on any atom is -0.395 e. The Morgan fingerprint density at radius 3 is 2.21 bits per heavy atom. The molecule has 5 aromatic rings. The number of hydrogen-bond acceptors (Lipinski definition) is 11. The second-order valence-electron chi connectivity index (χ2n) is 17.3. The van der Waals surface area contributed by atoms with Crippen LogP contribution in [0.1, 0.15) is 66.6 Å². The highest BCUT2D eigenvalue weighted by molar-refractivity contribution is 7.99. The van der Waals surface area contributed by atoms with Gasteiger partial charge in [0.1, 0.15) is 4.90 Å². The number of likely N-dealkylation sites (tertiary alicyclic amines) is 1. The molecular formula is C49H55F3N4O7S3. The van der Waals surface area contributed by atoms with Crippen LogP contribution in [-0.2, 0) is 19.9 Å². The number of nitrogens with zero attached hydrogens (tertiary/aromatic N) is 2. The predicted octanol–water partition coefficient (Wildman–Crippen LogP) is 8.83. The van der Waals surface area contributed by atoms with Crippen LogP contribution in [0.25, 0.3) is 11.1 Å². The van der Waals surface area contributed by atoms with E-state index in [1.807, 2.05) is 85.3 Å². The number of sulfonamides is 1. The van der Waals surface area contributed by atoms with Gasteiger partial charge in [-0.2, -0.15) is 13.2 Å².